The van der Waals surface area contributed by atoms with E-state index >= 15 is 0 Å². The number of carbonyl (C=O) groups is 1. The summed E-state index contributed by atoms with van der Waals surface area (Å²) in [4.78, 5) is 17.7. The van der Waals surface area contributed by atoms with E-state index in [1.54, 1.807) is 11.9 Å². The molecule has 0 saturated carbocycles. The summed E-state index contributed by atoms with van der Waals surface area (Å²) in [6.45, 7) is 2.40. The van der Waals surface area contributed by atoms with Crippen molar-refractivity contribution in [1.29, 1.82) is 5.26 Å². The Kier molecular flexibility index (Phi) is 4.16. The van der Waals surface area contributed by atoms with Gasteiger partial charge in [0, 0.05) is 32.4 Å². The van der Waals surface area contributed by atoms with E-state index in [0.29, 0.717) is 24.1 Å². The number of aryl methyl sites for hydroxylation is 1. The molecule has 0 saturated heterocycles. The van der Waals surface area contributed by atoms with Gasteiger partial charge in [-0.05, 0) is 25.1 Å². The highest BCUT2D eigenvalue weighted by Crippen LogP contribution is 2.11. The first-order valence-corrected chi connectivity index (χ1v) is 6.26. The molecule has 1 amide bonds. The Labute approximate surface area is 117 Å². The van der Waals surface area contributed by atoms with Crippen molar-refractivity contribution in [2.24, 2.45) is 0 Å². The van der Waals surface area contributed by atoms with Crippen molar-refractivity contribution in [2.75, 3.05) is 13.6 Å². The van der Waals surface area contributed by atoms with Gasteiger partial charge in [-0.3, -0.25) is 9.78 Å². The second-order valence-corrected chi connectivity index (χ2v) is 4.52. The molecule has 20 heavy (non-hydrogen) atoms. The van der Waals surface area contributed by atoms with Crippen LogP contribution in [0.15, 0.2) is 35.0 Å². The lowest BCUT2D eigenvalue weighted by Gasteiger charge is -2.16. The number of carbonyl (C=O) groups excluding carboxylic acids is 1. The maximum Gasteiger partial charge on any atom is 0.256 e. The molecule has 0 aliphatic heterocycles. The van der Waals surface area contributed by atoms with Crippen molar-refractivity contribution >= 4 is 5.91 Å². The topological polar surface area (TPSA) is 70.1 Å². The van der Waals surface area contributed by atoms with Gasteiger partial charge >= 0.3 is 0 Å². The molecule has 0 aromatic carbocycles. The van der Waals surface area contributed by atoms with Crippen molar-refractivity contribution in [3.05, 3.63) is 53.2 Å². The summed E-state index contributed by atoms with van der Waals surface area (Å²) in [6, 6.07) is 7.34. The normalized spacial score (nSPS) is 10.1. The summed E-state index contributed by atoms with van der Waals surface area (Å²) >= 11 is 0. The van der Waals surface area contributed by atoms with E-state index < -0.39 is 0 Å². The number of likely N-dealkylation sites (N-methyl/N-ethyl adjacent to an activating group) is 1. The van der Waals surface area contributed by atoms with Crippen LogP contribution in [0.2, 0.25) is 0 Å². The van der Waals surface area contributed by atoms with Crippen LogP contribution >= 0.6 is 0 Å². The Morgan fingerprint density at radius 2 is 2.25 bits per heavy atom. The van der Waals surface area contributed by atoms with Gasteiger partial charge in [0.1, 0.15) is 17.6 Å². The minimum Gasteiger partial charge on any atom is -0.466 e. The van der Waals surface area contributed by atoms with Gasteiger partial charge in [0.2, 0.25) is 0 Å². The molecule has 0 aliphatic rings. The van der Waals surface area contributed by atoms with Gasteiger partial charge in [0.15, 0.2) is 0 Å². The molecule has 0 fully saturated rings. The third-order valence-corrected chi connectivity index (χ3v) is 3.01. The van der Waals surface area contributed by atoms with E-state index in [2.05, 4.69) is 4.98 Å². The number of hydrogen-bond donors (Lipinski definition) is 0. The molecule has 0 bridgehead atoms. The molecule has 0 N–H and O–H groups in total. The molecule has 2 aromatic heterocycles. The molecule has 2 aromatic rings. The zero-order chi connectivity index (χ0) is 14.5. The first-order chi connectivity index (χ1) is 9.61. The van der Waals surface area contributed by atoms with Crippen LogP contribution in [0, 0.1) is 18.3 Å². The standard InChI is InChI=1S/C15H15N3O2/c1-11-3-4-13(20-11)6-8-18(2)15(19)14-10-17-7-5-12(14)9-16/h3-5,7,10H,6,8H2,1-2H3. The lowest BCUT2D eigenvalue weighted by Crippen LogP contribution is -2.29. The second-order valence-electron chi connectivity index (χ2n) is 4.52. The maximum absolute atomic E-state index is 12.3. The number of aromatic nitrogens is 1. The van der Waals surface area contributed by atoms with Crippen LogP contribution in [0.25, 0.3) is 0 Å². The molecule has 5 nitrogen and oxygen atoms in total. The zero-order valence-corrected chi connectivity index (χ0v) is 11.5. The number of hydrogen-bond acceptors (Lipinski definition) is 4. The Morgan fingerprint density at radius 3 is 2.90 bits per heavy atom. The average molecular weight is 269 g/mol. The lowest BCUT2D eigenvalue weighted by atomic mass is 10.1. The molecule has 5 heteroatoms. The number of pyridine rings is 1. The van der Waals surface area contributed by atoms with Crippen molar-refractivity contribution in [3.8, 4) is 6.07 Å². The highest BCUT2D eigenvalue weighted by atomic mass is 16.3. The van der Waals surface area contributed by atoms with Crippen molar-refractivity contribution in [3.63, 3.8) is 0 Å². The van der Waals surface area contributed by atoms with Crippen molar-refractivity contribution in [1.82, 2.24) is 9.88 Å². The van der Waals surface area contributed by atoms with Crippen LogP contribution in [0.1, 0.15) is 27.4 Å². The number of nitrogens with zero attached hydrogens (tertiary/aromatic N) is 3. The Balaban J connectivity index is 2.03. The molecule has 0 aliphatic carbocycles. The van der Waals surface area contributed by atoms with Crippen molar-refractivity contribution < 1.29 is 9.21 Å². The fourth-order valence-corrected chi connectivity index (χ4v) is 1.87. The molecule has 102 valence electrons. The molecule has 0 atom stereocenters. The van der Waals surface area contributed by atoms with Gasteiger partial charge in [-0.1, -0.05) is 0 Å². The summed E-state index contributed by atoms with van der Waals surface area (Å²) in [5.41, 5.74) is 0.666. The van der Waals surface area contributed by atoms with Gasteiger partial charge < -0.3 is 9.32 Å². The minimum atomic E-state index is -0.210. The fourth-order valence-electron chi connectivity index (χ4n) is 1.87. The third kappa shape index (κ3) is 3.04. The first kappa shape index (κ1) is 13.8. The van der Waals surface area contributed by atoms with E-state index in [9.17, 15) is 4.79 Å². The van der Waals surface area contributed by atoms with Crippen LogP contribution in [0.3, 0.4) is 0 Å². The summed E-state index contributed by atoms with van der Waals surface area (Å²) in [6.07, 6.45) is 3.56. The molecule has 0 radical (unpaired) electrons. The van der Waals surface area contributed by atoms with Crippen molar-refractivity contribution in [2.45, 2.75) is 13.3 Å². The highest BCUT2D eigenvalue weighted by molar-refractivity contribution is 5.96. The molecule has 0 spiro atoms. The molecule has 0 unspecified atom stereocenters. The van der Waals surface area contributed by atoms with Crippen LogP contribution in [0.5, 0.6) is 0 Å². The van der Waals surface area contributed by atoms with Crippen LogP contribution in [-0.2, 0) is 6.42 Å². The third-order valence-electron chi connectivity index (χ3n) is 3.01. The van der Waals surface area contributed by atoms with Gasteiger partial charge in [0.05, 0.1) is 11.1 Å². The number of rotatable bonds is 4. The summed E-state index contributed by atoms with van der Waals surface area (Å²) in [5, 5.41) is 9.00. The zero-order valence-electron chi connectivity index (χ0n) is 11.5. The van der Waals surface area contributed by atoms with Gasteiger partial charge in [0.25, 0.3) is 5.91 Å². The average Bonchev–Trinajstić information content (AvgIpc) is 2.89. The smallest absolute Gasteiger partial charge is 0.256 e. The van der Waals surface area contributed by atoms with Crippen LogP contribution in [0.4, 0.5) is 0 Å². The SMILES string of the molecule is Cc1ccc(CCN(C)C(=O)c2cnccc2C#N)o1. The van der Waals surface area contributed by atoms with E-state index in [-0.39, 0.29) is 5.91 Å². The maximum atomic E-state index is 12.3. The number of furan rings is 1. The van der Waals surface area contributed by atoms with Gasteiger partial charge in [-0.25, -0.2) is 0 Å². The monoisotopic (exact) mass is 269 g/mol. The predicted octanol–water partition coefficient (Wildman–Crippen LogP) is 2.17. The molecular weight excluding hydrogens is 254 g/mol. The van der Waals surface area contributed by atoms with Gasteiger partial charge in [-0.15, -0.1) is 0 Å². The quantitative estimate of drug-likeness (QED) is 0.852. The summed E-state index contributed by atoms with van der Waals surface area (Å²) in [5.74, 6) is 1.49. The van der Waals surface area contributed by atoms with Crippen LogP contribution in [-0.4, -0.2) is 29.4 Å². The highest BCUT2D eigenvalue weighted by Gasteiger charge is 2.16. The van der Waals surface area contributed by atoms with Gasteiger partial charge in [-0.2, -0.15) is 5.26 Å². The largest absolute Gasteiger partial charge is 0.466 e. The van der Waals surface area contributed by atoms with Crippen LogP contribution < -0.4 is 0 Å². The molecule has 2 rings (SSSR count). The van der Waals surface area contributed by atoms with E-state index in [0.717, 1.165) is 11.5 Å². The number of amides is 1. The molecular formula is C15H15N3O2. The number of nitriles is 1. The summed E-state index contributed by atoms with van der Waals surface area (Å²) < 4.78 is 5.46. The Morgan fingerprint density at radius 1 is 1.45 bits per heavy atom. The minimum absolute atomic E-state index is 0.210. The second kappa shape index (κ2) is 6.02. The Bertz CT molecular complexity index is 655. The predicted molar refractivity (Wildman–Crippen MR) is 73.1 cm³/mol. The van der Waals surface area contributed by atoms with E-state index in [1.165, 1.54) is 18.5 Å². The Hall–Kier alpha value is -2.61. The fraction of sp³-hybridized carbons (Fsp3) is 0.267. The first-order valence-electron chi connectivity index (χ1n) is 6.26. The summed E-state index contributed by atoms with van der Waals surface area (Å²) in [7, 11) is 1.70. The van der Waals surface area contributed by atoms with E-state index in [1.807, 2.05) is 25.1 Å². The lowest BCUT2D eigenvalue weighted by molar-refractivity contribution is 0.0794. The van der Waals surface area contributed by atoms with E-state index in [4.69, 9.17) is 9.68 Å². The molecule has 2 heterocycles.